The van der Waals surface area contributed by atoms with Gasteiger partial charge in [0.15, 0.2) is 11.6 Å². The highest BCUT2D eigenvalue weighted by atomic mass is 32.2. The van der Waals surface area contributed by atoms with Crippen LogP contribution < -0.4 is 4.72 Å². The first-order valence-corrected chi connectivity index (χ1v) is 9.48. The zero-order chi connectivity index (χ0) is 18.8. The van der Waals surface area contributed by atoms with Crippen molar-refractivity contribution in [3.05, 3.63) is 60.6 Å². The maximum atomic E-state index is 12.6. The Morgan fingerprint density at radius 1 is 0.846 bits per heavy atom. The maximum Gasteiger partial charge on any atom is 0.263 e. The van der Waals surface area contributed by atoms with Crippen LogP contribution in [0.15, 0.2) is 59.9 Å². The van der Waals surface area contributed by atoms with Crippen molar-refractivity contribution in [2.45, 2.75) is 31.1 Å². The highest BCUT2D eigenvalue weighted by molar-refractivity contribution is 7.92. The molecule has 0 aliphatic heterocycles. The van der Waals surface area contributed by atoms with Gasteiger partial charge in [-0.1, -0.05) is 32.9 Å². The fraction of sp³-hybridized carbons (Fsp3) is 0.222. The van der Waals surface area contributed by atoms with Crippen LogP contribution in [0.3, 0.4) is 0 Å². The van der Waals surface area contributed by atoms with Gasteiger partial charge in [0.05, 0.1) is 4.90 Å². The Labute approximate surface area is 152 Å². The third-order valence-electron chi connectivity index (χ3n) is 3.69. The van der Waals surface area contributed by atoms with Crippen LogP contribution in [0.5, 0.6) is 0 Å². The third-order valence-corrected chi connectivity index (χ3v) is 5.06. The second-order valence-corrected chi connectivity index (χ2v) is 8.40. The molecule has 0 aliphatic carbocycles. The molecule has 0 amide bonds. The molecule has 1 aromatic carbocycles. The van der Waals surface area contributed by atoms with Gasteiger partial charge in [-0.15, -0.1) is 0 Å². The molecule has 0 saturated heterocycles. The maximum absolute atomic E-state index is 12.6. The van der Waals surface area contributed by atoms with Crippen LogP contribution in [0.4, 0.5) is 5.82 Å². The van der Waals surface area contributed by atoms with Crippen LogP contribution in [0.25, 0.3) is 11.6 Å². The number of benzene rings is 1. The van der Waals surface area contributed by atoms with E-state index in [-0.39, 0.29) is 22.0 Å². The number of anilines is 1. The van der Waals surface area contributed by atoms with Crippen LogP contribution in [-0.2, 0) is 15.4 Å². The van der Waals surface area contributed by atoms with Crippen LogP contribution in [0.1, 0.15) is 26.3 Å². The van der Waals surface area contributed by atoms with E-state index in [1.165, 1.54) is 12.3 Å². The highest BCUT2D eigenvalue weighted by Crippen LogP contribution is 2.24. The summed E-state index contributed by atoms with van der Waals surface area (Å²) in [5.41, 5.74) is 1.01. The summed E-state index contributed by atoms with van der Waals surface area (Å²) in [6, 6.07) is 9.97. The van der Waals surface area contributed by atoms with Crippen LogP contribution in [-0.4, -0.2) is 28.4 Å². The Bertz CT molecular complexity index is 998. The normalized spacial score (nSPS) is 12.0. The molecular weight excluding hydrogens is 350 g/mol. The van der Waals surface area contributed by atoms with E-state index in [0.29, 0.717) is 5.82 Å². The number of sulfonamides is 1. The summed E-state index contributed by atoms with van der Waals surface area (Å²) in [6.45, 7) is 6.22. The third kappa shape index (κ3) is 4.02. The van der Waals surface area contributed by atoms with Gasteiger partial charge in [-0.2, -0.15) is 0 Å². The van der Waals surface area contributed by atoms with Crippen molar-refractivity contribution in [2.75, 3.05) is 4.72 Å². The van der Waals surface area contributed by atoms with Crippen molar-refractivity contribution in [3.8, 4) is 11.6 Å². The number of hydrogen-bond acceptors (Lipinski definition) is 6. The van der Waals surface area contributed by atoms with Crippen molar-refractivity contribution in [2.24, 2.45) is 0 Å². The van der Waals surface area contributed by atoms with E-state index in [1.807, 2.05) is 12.1 Å². The molecule has 8 heteroatoms. The standard InChI is InChI=1S/C18H19N5O2S/c1-18(2,3)13-5-7-14(8-6-13)26(24,25)23-15-9-12-21-17(22-15)16-19-10-4-11-20-16/h4-12H,1-3H3,(H,21,22,23). The Balaban J connectivity index is 1.86. The fourth-order valence-electron chi connectivity index (χ4n) is 2.27. The average Bonchev–Trinajstić information content (AvgIpc) is 2.62. The Hall–Kier alpha value is -2.87. The number of hydrogen-bond donors (Lipinski definition) is 1. The minimum Gasteiger partial charge on any atom is -0.263 e. The number of rotatable bonds is 4. The average molecular weight is 369 g/mol. The van der Waals surface area contributed by atoms with E-state index >= 15 is 0 Å². The second kappa shape index (κ2) is 6.80. The smallest absolute Gasteiger partial charge is 0.263 e. The molecule has 0 saturated carbocycles. The van der Waals surface area contributed by atoms with Gasteiger partial charge < -0.3 is 0 Å². The first kappa shape index (κ1) is 17.9. The van der Waals surface area contributed by atoms with Gasteiger partial charge in [-0.3, -0.25) is 4.72 Å². The zero-order valence-corrected chi connectivity index (χ0v) is 15.5. The number of nitrogens with one attached hydrogen (secondary N) is 1. The fourth-order valence-corrected chi connectivity index (χ4v) is 3.27. The lowest BCUT2D eigenvalue weighted by Crippen LogP contribution is -2.16. The van der Waals surface area contributed by atoms with Crippen molar-refractivity contribution < 1.29 is 8.42 Å². The van der Waals surface area contributed by atoms with Gasteiger partial charge in [-0.05, 0) is 35.2 Å². The number of nitrogens with zero attached hydrogens (tertiary/aromatic N) is 4. The largest absolute Gasteiger partial charge is 0.263 e. The van der Waals surface area contributed by atoms with Gasteiger partial charge in [0.25, 0.3) is 10.0 Å². The van der Waals surface area contributed by atoms with Gasteiger partial charge >= 0.3 is 0 Å². The lowest BCUT2D eigenvalue weighted by atomic mass is 9.87. The van der Waals surface area contributed by atoms with Crippen molar-refractivity contribution in [1.82, 2.24) is 19.9 Å². The van der Waals surface area contributed by atoms with Crippen LogP contribution >= 0.6 is 0 Å². The molecule has 1 N–H and O–H groups in total. The summed E-state index contributed by atoms with van der Waals surface area (Å²) in [5.74, 6) is 0.722. The number of aromatic nitrogens is 4. The topological polar surface area (TPSA) is 97.7 Å². The first-order chi connectivity index (χ1) is 12.3. The second-order valence-electron chi connectivity index (χ2n) is 6.72. The lowest BCUT2D eigenvalue weighted by Gasteiger charge is -2.19. The molecule has 0 spiro atoms. The van der Waals surface area contributed by atoms with E-state index in [4.69, 9.17) is 0 Å². The van der Waals surface area contributed by atoms with E-state index in [9.17, 15) is 8.42 Å². The predicted octanol–water partition coefficient (Wildman–Crippen LogP) is 3.03. The monoisotopic (exact) mass is 369 g/mol. The van der Waals surface area contributed by atoms with Gasteiger partial charge in [0, 0.05) is 18.6 Å². The van der Waals surface area contributed by atoms with E-state index in [1.54, 1.807) is 30.6 Å². The quantitative estimate of drug-likeness (QED) is 0.759. The summed E-state index contributed by atoms with van der Waals surface area (Å²) in [4.78, 5) is 16.6. The molecule has 0 atom stereocenters. The Morgan fingerprint density at radius 3 is 2.08 bits per heavy atom. The van der Waals surface area contributed by atoms with Gasteiger partial charge in [-0.25, -0.2) is 28.4 Å². The molecule has 0 fully saturated rings. The highest BCUT2D eigenvalue weighted by Gasteiger charge is 2.18. The van der Waals surface area contributed by atoms with Crippen molar-refractivity contribution in [3.63, 3.8) is 0 Å². The molecule has 2 aromatic heterocycles. The predicted molar refractivity (Wildman–Crippen MR) is 99.0 cm³/mol. The summed E-state index contributed by atoms with van der Waals surface area (Å²) in [6.07, 6.45) is 4.60. The van der Waals surface area contributed by atoms with Crippen molar-refractivity contribution >= 4 is 15.8 Å². The summed E-state index contributed by atoms with van der Waals surface area (Å²) in [7, 11) is -3.76. The molecule has 134 valence electrons. The minimum absolute atomic E-state index is 0.0487. The summed E-state index contributed by atoms with van der Waals surface area (Å²) >= 11 is 0. The molecule has 3 rings (SSSR count). The molecule has 0 bridgehead atoms. The summed E-state index contributed by atoms with van der Waals surface area (Å²) < 4.78 is 27.7. The first-order valence-electron chi connectivity index (χ1n) is 7.99. The molecule has 2 heterocycles. The molecule has 0 radical (unpaired) electrons. The van der Waals surface area contributed by atoms with Gasteiger partial charge in [0.1, 0.15) is 5.82 Å². The molecule has 3 aromatic rings. The lowest BCUT2D eigenvalue weighted by molar-refractivity contribution is 0.587. The van der Waals surface area contributed by atoms with Gasteiger partial charge in [0.2, 0.25) is 0 Å². The SMILES string of the molecule is CC(C)(C)c1ccc(S(=O)(=O)Nc2ccnc(-c3ncccn3)n2)cc1. The van der Waals surface area contributed by atoms with E-state index in [0.717, 1.165) is 5.56 Å². The molecule has 0 unspecified atom stereocenters. The molecule has 7 nitrogen and oxygen atoms in total. The molecule has 0 aliphatic rings. The Kier molecular flexibility index (Phi) is 4.69. The van der Waals surface area contributed by atoms with Crippen LogP contribution in [0, 0.1) is 0 Å². The zero-order valence-electron chi connectivity index (χ0n) is 14.7. The molecule has 26 heavy (non-hydrogen) atoms. The van der Waals surface area contributed by atoms with E-state index in [2.05, 4.69) is 45.4 Å². The summed E-state index contributed by atoms with van der Waals surface area (Å²) in [5, 5.41) is 0. The minimum atomic E-state index is -3.76. The Morgan fingerprint density at radius 2 is 1.46 bits per heavy atom. The van der Waals surface area contributed by atoms with Crippen molar-refractivity contribution in [1.29, 1.82) is 0 Å². The molecular formula is C18H19N5O2S. The van der Waals surface area contributed by atoms with E-state index < -0.39 is 10.0 Å². The van der Waals surface area contributed by atoms with Crippen LogP contribution in [0.2, 0.25) is 0 Å².